The molecule has 0 aliphatic carbocycles. The lowest BCUT2D eigenvalue weighted by molar-refractivity contribution is 0.0187. The van der Waals surface area contributed by atoms with E-state index in [1.807, 2.05) is 7.85 Å². The van der Waals surface area contributed by atoms with Gasteiger partial charge in [0.05, 0.1) is 12.7 Å². The molecular formula is C9H19BO2. The highest BCUT2D eigenvalue weighted by molar-refractivity contribution is 6.11. The van der Waals surface area contributed by atoms with Crippen molar-refractivity contribution < 1.29 is 9.84 Å². The summed E-state index contributed by atoms with van der Waals surface area (Å²) < 4.78 is 5.57. The van der Waals surface area contributed by atoms with Crippen LogP contribution in [-0.4, -0.2) is 31.7 Å². The second-order valence-electron chi connectivity index (χ2n) is 3.78. The summed E-state index contributed by atoms with van der Waals surface area (Å²) in [5.74, 6) is 1.23. The Morgan fingerprint density at radius 1 is 1.50 bits per heavy atom. The molecule has 0 radical (unpaired) electrons. The molecule has 1 fully saturated rings. The van der Waals surface area contributed by atoms with E-state index in [1.165, 1.54) is 6.42 Å². The fraction of sp³-hybridized carbons (Fsp3) is 1.00. The van der Waals surface area contributed by atoms with Crippen LogP contribution in [0.3, 0.4) is 0 Å². The van der Waals surface area contributed by atoms with E-state index in [-0.39, 0.29) is 12.1 Å². The Labute approximate surface area is 75.7 Å². The number of hydrogen-bond donors (Lipinski definition) is 1. The topological polar surface area (TPSA) is 29.5 Å². The van der Waals surface area contributed by atoms with Crippen molar-refractivity contribution in [3.05, 3.63) is 0 Å². The molecule has 1 heterocycles. The predicted molar refractivity (Wildman–Crippen MR) is 51.9 cm³/mol. The maximum atomic E-state index is 9.44. The third-order valence-corrected chi connectivity index (χ3v) is 3.00. The lowest BCUT2D eigenvalue weighted by Crippen LogP contribution is -2.32. The van der Waals surface area contributed by atoms with Gasteiger partial charge in [0.25, 0.3) is 0 Å². The molecule has 0 saturated carbocycles. The molecule has 1 aliphatic rings. The summed E-state index contributed by atoms with van der Waals surface area (Å²) >= 11 is 0. The van der Waals surface area contributed by atoms with Crippen LogP contribution in [0.25, 0.3) is 0 Å². The third-order valence-electron chi connectivity index (χ3n) is 3.00. The molecule has 0 amide bonds. The highest BCUT2D eigenvalue weighted by atomic mass is 16.5. The van der Waals surface area contributed by atoms with E-state index in [9.17, 15) is 5.11 Å². The number of ether oxygens (including phenoxy) is 1. The van der Waals surface area contributed by atoms with Crippen LogP contribution in [0.2, 0.25) is 0 Å². The molecule has 1 N–H and O–H groups in total. The molecule has 2 nitrogen and oxygen atoms in total. The van der Waals surface area contributed by atoms with E-state index in [0.29, 0.717) is 11.8 Å². The van der Waals surface area contributed by atoms with E-state index in [4.69, 9.17) is 4.74 Å². The Hall–Kier alpha value is -0.0151. The van der Waals surface area contributed by atoms with E-state index in [2.05, 4.69) is 13.8 Å². The zero-order valence-electron chi connectivity index (χ0n) is 8.29. The Bertz CT molecular complexity index is 138. The van der Waals surface area contributed by atoms with Gasteiger partial charge in [0.1, 0.15) is 7.85 Å². The number of hydrogen-bond acceptors (Lipinski definition) is 2. The molecule has 4 atom stereocenters. The van der Waals surface area contributed by atoms with Crippen LogP contribution < -0.4 is 0 Å². The summed E-state index contributed by atoms with van der Waals surface area (Å²) in [7, 11) is 1.82. The van der Waals surface area contributed by atoms with Gasteiger partial charge >= 0.3 is 0 Å². The van der Waals surface area contributed by atoms with Crippen LogP contribution in [0, 0.1) is 11.8 Å². The van der Waals surface area contributed by atoms with E-state index in [1.54, 1.807) is 0 Å². The van der Waals surface area contributed by atoms with Gasteiger partial charge in [-0.2, -0.15) is 0 Å². The van der Waals surface area contributed by atoms with E-state index >= 15 is 0 Å². The quantitative estimate of drug-likeness (QED) is 0.621. The largest absolute Gasteiger partial charge is 0.400 e. The first kappa shape index (κ1) is 10.1. The Morgan fingerprint density at radius 2 is 2.17 bits per heavy atom. The van der Waals surface area contributed by atoms with Crippen molar-refractivity contribution >= 4 is 7.85 Å². The zero-order chi connectivity index (χ0) is 9.14. The minimum absolute atomic E-state index is 0.0833. The first-order chi connectivity index (χ1) is 5.70. The van der Waals surface area contributed by atoms with Crippen LogP contribution in [-0.2, 0) is 4.74 Å². The number of aliphatic hydroxyl groups is 1. The molecule has 0 aromatic rings. The maximum Gasteiger partial charge on any atom is 0.142 e. The Morgan fingerprint density at radius 3 is 2.58 bits per heavy atom. The van der Waals surface area contributed by atoms with Gasteiger partial charge in [0.15, 0.2) is 0 Å². The SMILES string of the molecule is B[C@H](O)C1OC[C@H](CC)C1CC. The molecule has 0 bridgehead atoms. The van der Waals surface area contributed by atoms with Gasteiger partial charge in [0, 0.05) is 6.00 Å². The molecule has 1 saturated heterocycles. The summed E-state index contributed by atoms with van der Waals surface area (Å²) in [5, 5.41) is 9.44. The Kier molecular flexibility index (Phi) is 3.60. The van der Waals surface area contributed by atoms with Crippen molar-refractivity contribution in [3.63, 3.8) is 0 Å². The maximum absolute atomic E-state index is 9.44. The molecule has 0 aromatic carbocycles. The summed E-state index contributed by atoms with van der Waals surface area (Å²) in [6.07, 6.45) is 2.37. The second kappa shape index (κ2) is 4.29. The summed E-state index contributed by atoms with van der Waals surface area (Å²) in [6, 6.07) is -0.313. The normalized spacial score (nSPS) is 38.4. The van der Waals surface area contributed by atoms with Crippen LogP contribution >= 0.6 is 0 Å². The first-order valence-corrected chi connectivity index (χ1v) is 5.00. The van der Waals surface area contributed by atoms with Crippen molar-refractivity contribution in [2.45, 2.75) is 38.8 Å². The summed E-state index contributed by atoms with van der Waals surface area (Å²) in [6.45, 7) is 5.21. The van der Waals surface area contributed by atoms with Gasteiger partial charge in [0.2, 0.25) is 0 Å². The molecule has 0 aromatic heterocycles. The number of rotatable bonds is 3. The predicted octanol–water partition coefficient (Wildman–Crippen LogP) is 0.389. The molecule has 1 aliphatic heterocycles. The van der Waals surface area contributed by atoms with Crippen LogP contribution in [0.15, 0.2) is 0 Å². The summed E-state index contributed by atoms with van der Waals surface area (Å²) in [5.41, 5.74) is 0. The first-order valence-electron chi connectivity index (χ1n) is 5.00. The van der Waals surface area contributed by atoms with Gasteiger partial charge in [-0.15, -0.1) is 0 Å². The molecule has 3 heteroatoms. The van der Waals surface area contributed by atoms with E-state index < -0.39 is 0 Å². The highest BCUT2D eigenvalue weighted by Gasteiger charge is 2.36. The smallest absolute Gasteiger partial charge is 0.142 e. The lowest BCUT2D eigenvalue weighted by atomic mass is 9.80. The van der Waals surface area contributed by atoms with E-state index in [0.717, 1.165) is 13.0 Å². The minimum atomic E-state index is -0.313. The number of aliphatic hydroxyl groups excluding tert-OH is 1. The minimum Gasteiger partial charge on any atom is -0.400 e. The summed E-state index contributed by atoms with van der Waals surface area (Å²) in [4.78, 5) is 0. The fourth-order valence-corrected chi connectivity index (χ4v) is 2.23. The monoisotopic (exact) mass is 170 g/mol. The zero-order valence-corrected chi connectivity index (χ0v) is 8.29. The molecule has 12 heavy (non-hydrogen) atoms. The lowest BCUT2D eigenvalue weighted by Gasteiger charge is -2.22. The highest BCUT2D eigenvalue weighted by Crippen LogP contribution is 2.32. The van der Waals surface area contributed by atoms with Crippen molar-refractivity contribution in [1.82, 2.24) is 0 Å². The van der Waals surface area contributed by atoms with Crippen LogP contribution in [0.1, 0.15) is 26.7 Å². The van der Waals surface area contributed by atoms with Crippen molar-refractivity contribution in [3.8, 4) is 0 Å². The van der Waals surface area contributed by atoms with Crippen LogP contribution in [0.5, 0.6) is 0 Å². The van der Waals surface area contributed by atoms with Gasteiger partial charge in [-0.1, -0.05) is 26.7 Å². The molecule has 2 unspecified atom stereocenters. The van der Waals surface area contributed by atoms with Crippen molar-refractivity contribution in [2.75, 3.05) is 6.61 Å². The Balaban J connectivity index is 2.56. The third kappa shape index (κ3) is 1.83. The van der Waals surface area contributed by atoms with Crippen molar-refractivity contribution in [1.29, 1.82) is 0 Å². The molecule has 0 spiro atoms. The average molecular weight is 170 g/mol. The van der Waals surface area contributed by atoms with Gasteiger partial charge < -0.3 is 9.84 Å². The van der Waals surface area contributed by atoms with Gasteiger partial charge in [-0.25, -0.2) is 0 Å². The second-order valence-corrected chi connectivity index (χ2v) is 3.78. The average Bonchev–Trinajstić information content (AvgIpc) is 2.46. The molecule has 70 valence electrons. The molecule has 1 rings (SSSR count). The molecular weight excluding hydrogens is 151 g/mol. The van der Waals surface area contributed by atoms with Gasteiger partial charge in [-0.05, 0) is 11.8 Å². The standard InChI is InChI=1S/C9H19BO2/c1-3-6-5-12-8(9(10)11)7(6)4-2/h6-9,11H,3-5,10H2,1-2H3/t6-,7?,8?,9+/m0/s1. The van der Waals surface area contributed by atoms with Gasteiger partial charge in [-0.3, -0.25) is 0 Å². The van der Waals surface area contributed by atoms with Crippen LogP contribution in [0.4, 0.5) is 0 Å². The van der Waals surface area contributed by atoms with Crippen molar-refractivity contribution in [2.24, 2.45) is 11.8 Å². The fourth-order valence-electron chi connectivity index (χ4n) is 2.23.